The first-order valence-electron chi connectivity index (χ1n) is 5.72. The van der Waals surface area contributed by atoms with Crippen molar-refractivity contribution in [3.63, 3.8) is 0 Å². The molecule has 2 rings (SSSR count). The Labute approximate surface area is 105 Å². The summed E-state index contributed by atoms with van der Waals surface area (Å²) in [7, 11) is 1.54. The standard InChI is InChI=1S/C12H16N4O2/c1-7(2)9(13)10-15-12(18-16-10)8-5-4-6-14-11(8)17-3/h4-7,9H,13H2,1-3H3. The molecule has 0 radical (unpaired) electrons. The molecule has 0 bridgehead atoms. The van der Waals surface area contributed by atoms with Crippen LogP contribution in [0.2, 0.25) is 0 Å². The van der Waals surface area contributed by atoms with Crippen LogP contribution < -0.4 is 10.5 Å². The minimum absolute atomic E-state index is 0.242. The van der Waals surface area contributed by atoms with Crippen LogP contribution in [-0.4, -0.2) is 22.2 Å². The number of rotatable bonds is 4. The van der Waals surface area contributed by atoms with E-state index in [1.54, 1.807) is 19.4 Å². The van der Waals surface area contributed by atoms with Crippen molar-refractivity contribution in [1.29, 1.82) is 0 Å². The molecule has 0 aromatic carbocycles. The van der Waals surface area contributed by atoms with Gasteiger partial charge in [-0.1, -0.05) is 19.0 Å². The zero-order valence-electron chi connectivity index (χ0n) is 10.6. The van der Waals surface area contributed by atoms with E-state index in [9.17, 15) is 0 Å². The molecule has 2 aromatic rings. The fourth-order valence-corrected chi connectivity index (χ4v) is 1.49. The Balaban J connectivity index is 2.35. The molecule has 0 aliphatic rings. The first kappa shape index (κ1) is 12.5. The number of nitrogens with zero attached hydrogens (tertiary/aromatic N) is 3. The van der Waals surface area contributed by atoms with Crippen molar-refractivity contribution in [2.24, 2.45) is 11.7 Å². The molecular weight excluding hydrogens is 232 g/mol. The molecule has 0 fully saturated rings. The van der Waals surface area contributed by atoms with Crippen LogP contribution in [-0.2, 0) is 0 Å². The summed E-state index contributed by atoms with van der Waals surface area (Å²) in [5, 5.41) is 3.89. The van der Waals surface area contributed by atoms with E-state index >= 15 is 0 Å². The highest BCUT2D eigenvalue weighted by atomic mass is 16.5. The molecule has 0 aliphatic carbocycles. The SMILES string of the molecule is COc1ncccc1-c1nc(C(N)C(C)C)no1. The molecule has 2 N–H and O–H groups in total. The van der Waals surface area contributed by atoms with Crippen LogP contribution in [0.5, 0.6) is 5.88 Å². The smallest absolute Gasteiger partial charge is 0.263 e. The van der Waals surface area contributed by atoms with E-state index in [-0.39, 0.29) is 12.0 Å². The van der Waals surface area contributed by atoms with Gasteiger partial charge in [-0.3, -0.25) is 0 Å². The predicted octanol–water partition coefficient (Wildman–Crippen LogP) is 1.80. The Bertz CT molecular complexity index is 524. The second-order valence-corrected chi connectivity index (χ2v) is 4.29. The van der Waals surface area contributed by atoms with E-state index in [1.807, 2.05) is 19.9 Å². The second-order valence-electron chi connectivity index (χ2n) is 4.29. The molecule has 6 nitrogen and oxygen atoms in total. The van der Waals surface area contributed by atoms with Gasteiger partial charge in [0, 0.05) is 6.20 Å². The Morgan fingerprint density at radius 2 is 2.17 bits per heavy atom. The van der Waals surface area contributed by atoms with Crippen molar-refractivity contribution in [3.05, 3.63) is 24.2 Å². The highest BCUT2D eigenvalue weighted by molar-refractivity contribution is 5.59. The number of methoxy groups -OCH3 is 1. The van der Waals surface area contributed by atoms with Gasteiger partial charge in [0.1, 0.15) is 5.56 Å². The molecule has 1 unspecified atom stereocenters. The normalized spacial score (nSPS) is 12.7. The van der Waals surface area contributed by atoms with Gasteiger partial charge >= 0.3 is 0 Å². The average Bonchev–Trinajstić information content (AvgIpc) is 2.87. The first-order chi connectivity index (χ1) is 8.63. The van der Waals surface area contributed by atoms with Gasteiger partial charge in [-0.25, -0.2) is 4.98 Å². The summed E-state index contributed by atoms with van der Waals surface area (Å²) in [6, 6.07) is 3.35. The van der Waals surface area contributed by atoms with E-state index in [1.165, 1.54) is 0 Å². The van der Waals surface area contributed by atoms with E-state index in [0.29, 0.717) is 23.2 Å². The molecule has 6 heteroatoms. The summed E-state index contributed by atoms with van der Waals surface area (Å²) in [4.78, 5) is 8.37. The minimum atomic E-state index is -0.245. The first-order valence-corrected chi connectivity index (χ1v) is 5.72. The lowest BCUT2D eigenvalue weighted by atomic mass is 10.1. The van der Waals surface area contributed by atoms with Crippen LogP contribution in [0.15, 0.2) is 22.9 Å². The number of nitrogens with two attached hydrogens (primary N) is 1. The predicted molar refractivity (Wildman–Crippen MR) is 65.8 cm³/mol. The van der Waals surface area contributed by atoms with Crippen molar-refractivity contribution < 1.29 is 9.26 Å². The van der Waals surface area contributed by atoms with Gasteiger partial charge in [-0.15, -0.1) is 0 Å². The van der Waals surface area contributed by atoms with Crippen molar-refractivity contribution in [2.45, 2.75) is 19.9 Å². The summed E-state index contributed by atoms with van der Waals surface area (Å²) in [5.41, 5.74) is 6.63. The van der Waals surface area contributed by atoms with Crippen molar-refractivity contribution in [3.8, 4) is 17.3 Å². The Morgan fingerprint density at radius 1 is 1.39 bits per heavy atom. The van der Waals surface area contributed by atoms with Crippen LogP contribution in [0.25, 0.3) is 11.5 Å². The quantitative estimate of drug-likeness (QED) is 0.887. The fourth-order valence-electron chi connectivity index (χ4n) is 1.49. The van der Waals surface area contributed by atoms with E-state index in [2.05, 4.69) is 15.1 Å². The molecule has 2 aromatic heterocycles. The van der Waals surface area contributed by atoms with Crippen LogP contribution in [0, 0.1) is 5.92 Å². The topological polar surface area (TPSA) is 87.1 Å². The van der Waals surface area contributed by atoms with Crippen molar-refractivity contribution in [2.75, 3.05) is 7.11 Å². The highest BCUT2D eigenvalue weighted by Crippen LogP contribution is 2.27. The van der Waals surface area contributed by atoms with Gasteiger partial charge in [0.2, 0.25) is 5.88 Å². The van der Waals surface area contributed by atoms with Crippen LogP contribution in [0.4, 0.5) is 0 Å². The molecule has 0 aliphatic heterocycles. The van der Waals surface area contributed by atoms with Gasteiger partial charge in [-0.05, 0) is 18.1 Å². The fraction of sp³-hybridized carbons (Fsp3) is 0.417. The van der Waals surface area contributed by atoms with Gasteiger partial charge in [0.15, 0.2) is 5.82 Å². The summed E-state index contributed by atoms with van der Waals surface area (Å²) in [6.45, 7) is 4.01. The Hall–Kier alpha value is -1.95. The number of pyridine rings is 1. The van der Waals surface area contributed by atoms with Crippen molar-refractivity contribution >= 4 is 0 Å². The lowest BCUT2D eigenvalue weighted by molar-refractivity contribution is 0.385. The maximum absolute atomic E-state index is 5.97. The third-order valence-corrected chi connectivity index (χ3v) is 2.65. The molecule has 18 heavy (non-hydrogen) atoms. The maximum Gasteiger partial charge on any atom is 0.263 e. The highest BCUT2D eigenvalue weighted by Gasteiger charge is 2.20. The van der Waals surface area contributed by atoms with Gasteiger partial charge < -0.3 is 15.0 Å². The third kappa shape index (κ3) is 2.33. The summed E-state index contributed by atoms with van der Waals surface area (Å²) < 4.78 is 10.4. The monoisotopic (exact) mass is 248 g/mol. The molecule has 96 valence electrons. The van der Waals surface area contributed by atoms with Gasteiger partial charge in [-0.2, -0.15) is 4.98 Å². The molecule has 1 atom stereocenters. The van der Waals surface area contributed by atoms with Crippen LogP contribution >= 0.6 is 0 Å². The van der Waals surface area contributed by atoms with Crippen LogP contribution in [0.1, 0.15) is 25.7 Å². The minimum Gasteiger partial charge on any atom is -0.480 e. The van der Waals surface area contributed by atoms with E-state index < -0.39 is 0 Å². The van der Waals surface area contributed by atoms with E-state index in [0.717, 1.165) is 0 Å². The second kappa shape index (κ2) is 5.14. The third-order valence-electron chi connectivity index (χ3n) is 2.65. The summed E-state index contributed by atoms with van der Waals surface area (Å²) in [6.07, 6.45) is 1.64. The Morgan fingerprint density at radius 3 is 2.83 bits per heavy atom. The molecular formula is C12H16N4O2. The molecule has 0 saturated heterocycles. The summed E-state index contributed by atoms with van der Waals surface area (Å²) >= 11 is 0. The zero-order chi connectivity index (χ0) is 13.1. The maximum atomic E-state index is 5.97. The average molecular weight is 248 g/mol. The van der Waals surface area contributed by atoms with Gasteiger partial charge in [0.25, 0.3) is 5.89 Å². The number of hydrogen-bond donors (Lipinski definition) is 1. The zero-order valence-corrected chi connectivity index (χ0v) is 10.6. The molecule has 2 heterocycles. The lowest BCUT2D eigenvalue weighted by Gasteiger charge is -2.09. The largest absolute Gasteiger partial charge is 0.480 e. The Kier molecular flexibility index (Phi) is 3.57. The lowest BCUT2D eigenvalue weighted by Crippen LogP contribution is -2.18. The molecule has 0 spiro atoms. The molecule has 0 saturated carbocycles. The number of aromatic nitrogens is 3. The van der Waals surface area contributed by atoms with Crippen LogP contribution in [0.3, 0.4) is 0 Å². The number of hydrogen-bond acceptors (Lipinski definition) is 6. The number of ether oxygens (including phenoxy) is 1. The van der Waals surface area contributed by atoms with Crippen molar-refractivity contribution in [1.82, 2.24) is 15.1 Å². The molecule has 0 amide bonds. The van der Waals surface area contributed by atoms with E-state index in [4.69, 9.17) is 15.0 Å². The summed E-state index contributed by atoms with van der Waals surface area (Å²) in [5.74, 6) is 1.55. The van der Waals surface area contributed by atoms with Gasteiger partial charge in [0.05, 0.1) is 13.2 Å².